The van der Waals surface area contributed by atoms with Crippen LogP contribution in [0.25, 0.3) is 0 Å². The van der Waals surface area contributed by atoms with Gasteiger partial charge in [-0.15, -0.1) is 23.1 Å². The molecule has 20 heteroatoms. The molecule has 5 N–H and O–H groups in total. The van der Waals surface area contributed by atoms with Crippen molar-refractivity contribution in [2.75, 3.05) is 25.2 Å². The number of nitrogens with two attached hydrogens (primary N) is 1. The number of amides is 2. The van der Waals surface area contributed by atoms with Gasteiger partial charge in [-0.1, -0.05) is 22.9 Å². The maximum atomic E-state index is 13.0. The van der Waals surface area contributed by atoms with E-state index in [-0.39, 0.29) is 28.0 Å². The normalized spacial score (nSPS) is 18.3. The van der Waals surface area contributed by atoms with Crippen LogP contribution in [0.3, 0.4) is 0 Å². The van der Waals surface area contributed by atoms with Crippen LogP contribution in [-0.4, -0.2) is 101 Å². The van der Waals surface area contributed by atoms with E-state index in [1.165, 1.54) is 48.2 Å². The minimum atomic E-state index is -4.02. The number of ether oxygens (including phenoxy) is 4. The van der Waals surface area contributed by atoms with Gasteiger partial charge in [0.2, 0.25) is 6.29 Å². The maximum absolute atomic E-state index is 13.0. The molecule has 0 radical (unpaired) electrons. The number of thioether (sulfide) groups is 1. The average molecular weight is 716 g/mol. The Morgan fingerprint density at radius 1 is 1.17 bits per heavy atom. The summed E-state index contributed by atoms with van der Waals surface area (Å²) in [7, 11) is -2.59. The number of rotatable bonds is 10. The molecule has 1 aromatic carbocycles. The smallest absolute Gasteiger partial charge is 0.431 e. The highest BCUT2D eigenvalue weighted by Gasteiger charge is 2.55. The SMILES string of the molecule is COCC1=C(C(=O)O[C@@H](C)OC(=O)OC(C)C)N2C(=O)C(NC(=O)/C(=N/O)c3csc(N)n3)[C@@H]2SC1.Cc1ccc(S(=O)(=O)O)cc1. The van der Waals surface area contributed by atoms with Crippen molar-refractivity contribution in [2.24, 2.45) is 5.16 Å². The minimum Gasteiger partial charge on any atom is -0.431 e. The molecule has 1 aromatic heterocycles. The number of aryl methyl sites for hydroxylation is 1. The van der Waals surface area contributed by atoms with Crippen molar-refractivity contribution in [1.82, 2.24) is 15.2 Å². The Bertz CT molecular complexity index is 1660. The van der Waals surface area contributed by atoms with Crippen LogP contribution in [0.1, 0.15) is 32.0 Å². The first kappa shape index (κ1) is 37.2. The molecule has 1 fully saturated rings. The fourth-order valence-electron chi connectivity index (χ4n) is 4.07. The van der Waals surface area contributed by atoms with E-state index in [2.05, 4.69) is 15.5 Å². The minimum absolute atomic E-state index is 0.0438. The predicted octanol–water partition coefficient (Wildman–Crippen LogP) is 1.90. The Hall–Kier alpha value is -4.24. The topological polar surface area (TPSA) is 246 Å². The molecule has 17 nitrogen and oxygen atoms in total. The molecule has 0 bridgehead atoms. The number of esters is 1. The maximum Gasteiger partial charge on any atom is 0.511 e. The second kappa shape index (κ2) is 16.0. The number of carbonyl (C=O) groups excluding carboxylic acids is 4. The van der Waals surface area contributed by atoms with Gasteiger partial charge in [-0.3, -0.25) is 19.0 Å². The molecule has 2 aliphatic heterocycles. The molecule has 4 rings (SSSR count). The third-order valence-corrected chi connectivity index (χ3v) is 8.99. The number of nitrogens with zero attached hydrogens (tertiary/aromatic N) is 3. The van der Waals surface area contributed by atoms with Gasteiger partial charge in [0.15, 0.2) is 10.8 Å². The average Bonchev–Trinajstić information content (AvgIpc) is 3.41. The number of aromatic nitrogens is 1. The monoisotopic (exact) mass is 715 g/mol. The molecule has 0 aliphatic carbocycles. The lowest BCUT2D eigenvalue weighted by molar-refractivity contribution is -0.169. The summed E-state index contributed by atoms with van der Waals surface area (Å²) in [5.74, 6) is -2.05. The molecule has 0 saturated carbocycles. The number of benzene rings is 1. The highest BCUT2D eigenvalue weighted by Crippen LogP contribution is 2.41. The van der Waals surface area contributed by atoms with Crippen LogP contribution < -0.4 is 11.1 Å². The molecular weight excluding hydrogens is 683 g/mol. The molecule has 47 heavy (non-hydrogen) atoms. The van der Waals surface area contributed by atoms with Crippen LogP contribution in [0.4, 0.5) is 9.93 Å². The number of carbonyl (C=O) groups is 4. The number of hydrogen-bond donors (Lipinski definition) is 4. The van der Waals surface area contributed by atoms with Crippen molar-refractivity contribution >= 4 is 68.0 Å². The van der Waals surface area contributed by atoms with Gasteiger partial charge < -0.3 is 35.2 Å². The summed E-state index contributed by atoms with van der Waals surface area (Å²) in [4.78, 5) is 55.4. The number of hydrogen-bond acceptors (Lipinski definition) is 16. The van der Waals surface area contributed by atoms with E-state index in [0.717, 1.165) is 16.9 Å². The highest BCUT2D eigenvalue weighted by atomic mass is 32.2. The summed E-state index contributed by atoms with van der Waals surface area (Å²) < 4.78 is 49.7. The number of thiazole rings is 1. The van der Waals surface area contributed by atoms with Crippen molar-refractivity contribution in [1.29, 1.82) is 0 Å². The van der Waals surface area contributed by atoms with Crippen LogP contribution in [-0.2, 0) is 43.4 Å². The number of β-lactam (4-membered cyclic amide) rings is 1. The third kappa shape index (κ3) is 9.64. The molecule has 1 saturated heterocycles. The van der Waals surface area contributed by atoms with Crippen LogP contribution in [0.2, 0.25) is 0 Å². The molecule has 1 unspecified atom stereocenters. The van der Waals surface area contributed by atoms with Gasteiger partial charge in [0, 0.05) is 25.2 Å². The first-order valence-corrected chi connectivity index (χ1v) is 17.0. The van der Waals surface area contributed by atoms with Gasteiger partial charge >= 0.3 is 12.1 Å². The summed E-state index contributed by atoms with van der Waals surface area (Å²) in [5, 5.41) is 15.7. The number of nitrogens with one attached hydrogen (secondary N) is 1. The summed E-state index contributed by atoms with van der Waals surface area (Å²) in [6.07, 6.45) is -2.74. The Labute approximate surface area is 277 Å². The lowest BCUT2D eigenvalue weighted by Gasteiger charge is -2.49. The fourth-order valence-corrected chi connectivity index (χ4v) is 6.43. The molecular formula is C27H33N5O12S3. The zero-order valence-corrected chi connectivity index (χ0v) is 28.2. The zero-order valence-electron chi connectivity index (χ0n) is 25.7. The lowest BCUT2D eigenvalue weighted by Crippen LogP contribution is -2.71. The van der Waals surface area contributed by atoms with Crippen molar-refractivity contribution in [3.63, 3.8) is 0 Å². The largest absolute Gasteiger partial charge is 0.511 e. The molecule has 2 amide bonds. The zero-order chi connectivity index (χ0) is 35.1. The Morgan fingerprint density at radius 2 is 1.83 bits per heavy atom. The number of fused-ring (bicyclic) bond motifs is 1. The van der Waals surface area contributed by atoms with E-state index in [0.29, 0.717) is 11.3 Å². The van der Waals surface area contributed by atoms with Gasteiger partial charge in [-0.25, -0.2) is 14.6 Å². The lowest BCUT2D eigenvalue weighted by atomic mass is 10.0. The van der Waals surface area contributed by atoms with E-state index in [4.69, 9.17) is 29.2 Å². The van der Waals surface area contributed by atoms with Crippen molar-refractivity contribution in [2.45, 2.75) is 56.4 Å². The van der Waals surface area contributed by atoms with Gasteiger partial charge in [0.25, 0.3) is 21.9 Å². The Kier molecular flexibility index (Phi) is 12.7. The second-order valence-electron chi connectivity index (χ2n) is 10.1. The molecule has 3 atom stereocenters. The molecule has 256 valence electrons. The quantitative estimate of drug-likeness (QED) is 0.0522. The summed E-state index contributed by atoms with van der Waals surface area (Å²) in [6.45, 7) is 6.47. The van der Waals surface area contributed by atoms with Crippen LogP contribution in [0.5, 0.6) is 0 Å². The van der Waals surface area contributed by atoms with Crippen LogP contribution in [0.15, 0.2) is 51.0 Å². The first-order valence-electron chi connectivity index (χ1n) is 13.6. The highest BCUT2D eigenvalue weighted by molar-refractivity contribution is 8.00. The number of nitrogen functional groups attached to an aromatic ring is 1. The Morgan fingerprint density at radius 3 is 2.36 bits per heavy atom. The van der Waals surface area contributed by atoms with Gasteiger partial charge in [-0.2, -0.15) is 8.42 Å². The van der Waals surface area contributed by atoms with Crippen LogP contribution in [0, 0.1) is 6.92 Å². The second-order valence-corrected chi connectivity index (χ2v) is 13.5. The summed E-state index contributed by atoms with van der Waals surface area (Å²) in [6, 6.07) is 4.97. The molecule has 2 aliphatic rings. The van der Waals surface area contributed by atoms with Gasteiger partial charge in [0.05, 0.1) is 17.6 Å². The molecule has 3 heterocycles. The third-order valence-electron chi connectivity index (χ3n) is 6.11. The number of methoxy groups -OCH3 is 1. The van der Waals surface area contributed by atoms with E-state index < -0.39 is 63.6 Å². The summed E-state index contributed by atoms with van der Waals surface area (Å²) in [5.41, 5.74) is 6.58. The fraction of sp³-hybridized carbons (Fsp3) is 0.407. The van der Waals surface area contributed by atoms with Crippen LogP contribution >= 0.6 is 23.1 Å². The van der Waals surface area contributed by atoms with Crippen molar-refractivity contribution in [3.05, 3.63) is 52.2 Å². The first-order chi connectivity index (χ1) is 22.1. The summed E-state index contributed by atoms with van der Waals surface area (Å²) >= 11 is 2.34. The van der Waals surface area contributed by atoms with E-state index >= 15 is 0 Å². The standard InChI is InChI=1S/C20H25N5O9S2.C7H8O3S/c1-8(2)32-20(29)34-9(3)33-18(28)14-10(5-31-4)6-35-17-13(16(27)25(14)17)23-15(26)12(24-30)11-7-36-19(21)22-11;1-6-2-4-7(5-3-6)11(8,9)10/h7-9,13,17,30H,5-6H2,1-4H3,(H2,21,22)(H,23,26);2-5H,1H3,(H,8,9,10)/b24-12+;/t9-,13?,17+;/m1./s1. The predicted molar refractivity (Wildman–Crippen MR) is 168 cm³/mol. The number of oxime groups is 1. The molecule has 0 spiro atoms. The van der Waals surface area contributed by atoms with Crippen molar-refractivity contribution in [3.8, 4) is 0 Å². The van der Waals surface area contributed by atoms with E-state index in [9.17, 15) is 32.8 Å². The molecule has 2 aromatic rings. The van der Waals surface area contributed by atoms with Crippen molar-refractivity contribution < 1.29 is 56.3 Å². The van der Waals surface area contributed by atoms with Gasteiger partial charge in [-0.05, 0) is 38.5 Å². The van der Waals surface area contributed by atoms with E-state index in [1.807, 2.05) is 6.92 Å². The Balaban J connectivity index is 0.000000461. The van der Waals surface area contributed by atoms with E-state index in [1.54, 1.807) is 26.0 Å². The number of anilines is 1. The van der Waals surface area contributed by atoms with Gasteiger partial charge in [0.1, 0.15) is 22.8 Å².